The molecule has 0 aliphatic carbocycles. The minimum atomic E-state index is 0.0752. The van der Waals surface area contributed by atoms with Gasteiger partial charge in [-0.1, -0.05) is 54.9 Å². The Hall–Kier alpha value is -1.35. The van der Waals surface area contributed by atoms with Crippen LogP contribution in [0, 0.1) is 0 Å². The average Bonchev–Trinajstić information content (AvgIpc) is 2.45. The van der Waals surface area contributed by atoms with Gasteiger partial charge in [0.05, 0.1) is 6.04 Å². The minimum absolute atomic E-state index is 0.0752. The number of hydrazine groups is 1. The average molecular weight is 275 g/mol. The molecule has 3 heteroatoms. The van der Waals surface area contributed by atoms with Crippen molar-refractivity contribution in [3.8, 4) is 0 Å². The van der Waals surface area contributed by atoms with Gasteiger partial charge >= 0.3 is 0 Å². The van der Waals surface area contributed by atoms with Gasteiger partial charge in [0, 0.05) is 5.02 Å². The molecule has 0 aromatic heterocycles. The van der Waals surface area contributed by atoms with Gasteiger partial charge in [-0.2, -0.15) is 0 Å². The molecule has 0 fully saturated rings. The molecule has 2 aromatic carbocycles. The van der Waals surface area contributed by atoms with E-state index in [4.69, 9.17) is 17.4 Å². The van der Waals surface area contributed by atoms with E-state index in [1.54, 1.807) is 0 Å². The highest BCUT2D eigenvalue weighted by molar-refractivity contribution is 6.30. The van der Waals surface area contributed by atoms with Crippen LogP contribution in [0.1, 0.15) is 29.7 Å². The van der Waals surface area contributed by atoms with Crippen molar-refractivity contribution in [3.63, 3.8) is 0 Å². The molecule has 2 aromatic rings. The maximum absolute atomic E-state index is 6.02. The molecule has 1 atom stereocenters. The van der Waals surface area contributed by atoms with E-state index in [1.165, 1.54) is 11.1 Å². The van der Waals surface area contributed by atoms with Crippen LogP contribution in [-0.2, 0) is 12.8 Å². The largest absolute Gasteiger partial charge is 0.271 e. The number of rotatable bonds is 5. The second kappa shape index (κ2) is 6.71. The number of benzene rings is 2. The van der Waals surface area contributed by atoms with Crippen LogP contribution in [0.4, 0.5) is 0 Å². The van der Waals surface area contributed by atoms with E-state index in [0.717, 1.165) is 23.4 Å². The van der Waals surface area contributed by atoms with Crippen LogP contribution in [0.3, 0.4) is 0 Å². The van der Waals surface area contributed by atoms with E-state index < -0.39 is 0 Å². The Bertz CT molecular complexity index is 523. The van der Waals surface area contributed by atoms with Crippen LogP contribution < -0.4 is 11.3 Å². The van der Waals surface area contributed by atoms with E-state index in [2.05, 4.69) is 36.6 Å². The Kier molecular flexibility index (Phi) is 4.97. The zero-order chi connectivity index (χ0) is 13.7. The van der Waals surface area contributed by atoms with Crippen LogP contribution in [0.2, 0.25) is 5.02 Å². The molecule has 3 N–H and O–H groups in total. The zero-order valence-corrected chi connectivity index (χ0v) is 11.8. The van der Waals surface area contributed by atoms with Gasteiger partial charge in [0.15, 0.2) is 0 Å². The molecule has 19 heavy (non-hydrogen) atoms. The maximum atomic E-state index is 6.02. The third-order valence-electron chi connectivity index (χ3n) is 3.32. The number of hydrogen-bond acceptors (Lipinski definition) is 2. The van der Waals surface area contributed by atoms with Crippen LogP contribution in [0.5, 0.6) is 0 Å². The third-order valence-corrected chi connectivity index (χ3v) is 3.56. The van der Waals surface area contributed by atoms with Gasteiger partial charge in [0.2, 0.25) is 0 Å². The molecule has 0 saturated heterocycles. The Morgan fingerprint density at radius 2 is 1.79 bits per heavy atom. The van der Waals surface area contributed by atoms with Crippen molar-refractivity contribution in [1.82, 2.24) is 5.43 Å². The lowest BCUT2D eigenvalue weighted by molar-refractivity contribution is 0.552. The number of halogens is 1. The van der Waals surface area contributed by atoms with Crippen LogP contribution in [0.15, 0.2) is 48.5 Å². The summed E-state index contributed by atoms with van der Waals surface area (Å²) in [5.74, 6) is 5.67. The molecular weight excluding hydrogens is 256 g/mol. The first-order valence-corrected chi connectivity index (χ1v) is 6.90. The Morgan fingerprint density at radius 3 is 2.37 bits per heavy atom. The Labute approximate surface area is 119 Å². The van der Waals surface area contributed by atoms with E-state index in [9.17, 15) is 0 Å². The van der Waals surface area contributed by atoms with Crippen molar-refractivity contribution < 1.29 is 0 Å². The van der Waals surface area contributed by atoms with Crippen molar-refractivity contribution in [2.24, 2.45) is 5.84 Å². The molecular formula is C16H19ClN2. The number of hydrogen-bond donors (Lipinski definition) is 2. The molecule has 0 spiro atoms. The molecule has 2 rings (SSSR count). The molecule has 0 radical (unpaired) electrons. The molecule has 2 nitrogen and oxygen atoms in total. The summed E-state index contributed by atoms with van der Waals surface area (Å²) < 4.78 is 0. The molecule has 0 aliphatic heterocycles. The first-order valence-electron chi connectivity index (χ1n) is 6.52. The molecule has 0 bridgehead atoms. The highest BCUT2D eigenvalue weighted by Gasteiger charge is 2.10. The summed E-state index contributed by atoms with van der Waals surface area (Å²) in [6, 6.07) is 16.5. The van der Waals surface area contributed by atoms with Crippen LogP contribution in [0.25, 0.3) is 0 Å². The standard InChI is InChI=1S/C16H19ClN2/c1-2-12-6-8-13(9-7-12)10-16(19-18)14-4-3-5-15(17)11-14/h3-9,11,16,19H,2,10,18H2,1H3. The quantitative estimate of drug-likeness (QED) is 0.645. The minimum Gasteiger partial charge on any atom is -0.271 e. The van der Waals surface area contributed by atoms with Gasteiger partial charge in [-0.25, -0.2) is 0 Å². The van der Waals surface area contributed by atoms with Crippen molar-refractivity contribution in [2.75, 3.05) is 0 Å². The summed E-state index contributed by atoms with van der Waals surface area (Å²) in [7, 11) is 0. The van der Waals surface area contributed by atoms with E-state index >= 15 is 0 Å². The van der Waals surface area contributed by atoms with Gasteiger partial charge in [0.25, 0.3) is 0 Å². The van der Waals surface area contributed by atoms with Crippen molar-refractivity contribution in [1.29, 1.82) is 0 Å². The van der Waals surface area contributed by atoms with Crippen molar-refractivity contribution >= 4 is 11.6 Å². The molecule has 0 heterocycles. The lowest BCUT2D eigenvalue weighted by Gasteiger charge is -2.17. The first kappa shape index (κ1) is 14.1. The molecule has 0 saturated carbocycles. The van der Waals surface area contributed by atoms with E-state index in [1.807, 2.05) is 24.3 Å². The fourth-order valence-electron chi connectivity index (χ4n) is 2.14. The fourth-order valence-corrected chi connectivity index (χ4v) is 2.34. The second-order valence-corrected chi connectivity index (χ2v) is 5.08. The van der Waals surface area contributed by atoms with Gasteiger partial charge in [-0.15, -0.1) is 0 Å². The predicted octanol–water partition coefficient (Wildman–Crippen LogP) is 3.65. The summed E-state index contributed by atoms with van der Waals surface area (Å²) in [5, 5.41) is 0.735. The smallest absolute Gasteiger partial charge is 0.0500 e. The summed E-state index contributed by atoms with van der Waals surface area (Å²) in [6.07, 6.45) is 1.91. The van der Waals surface area contributed by atoms with Gasteiger partial charge < -0.3 is 0 Å². The predicted molar refractivity (Wildman–Crippen MR) is 81.0 cm³/mol. The van der Waals surface area contributed by atoms with Gasteiger partial charge in [0.1, 0.15) is 0 Å². The highest BCUT2D eigenvalue weighted by atomic mass is 35.5. The summed E-state index contributed by atoms with van der Waals surface area (Å²) in [5.41, 5.74) is 6.58. The van der Waals surface area contributed by atoms with E-state index in [0.29, 0.717) is 0 Å². The zero-order valence-electron chi connectivity index (χ0n) is 11.1. The van der Waals surface area contributed by atoms with Crippen LogP contribution in [-0.4, -0.2) is 0 Å². The van der Waals surface area contributed by atoms with Gasteiger partial charge in [-0.05, 0) is 41.7 Å². The topological polar surface area (TPSA) is 38.0 Å². The Balaban J connectivity index is 2.14. The summed E-state index contributed by atoms with van der Waals surface area (Å²) >= 11 is 6.02. The van der Waals surface area contributed by atoms with Crippen LogP contribution >= 0.6 is 11.6 Å². The summed E-state index contributed by atoms with van der Waals surface area (Å²) in [6.45, 7) is 2.16. The number of nitrogens with two attached hydrogens (primary N) is 1. The number of aryl methyl sites for hydroxylation is 1. The SMILES string of the molecule is CCc1ccc(CC(NN)c2cccc(Cl)c2)cc1. The third kappa shape index (κ3) is 3.80. The first-order chi connectivity index (χ1) is 9.22. The monoisotopic (exact) mass is 274 g/mol. The highest BCUT2D eigenvalue weighted by Crippen LogP contribution is 2.21. The van der Waals surface area contributed by atoms with Gasteiger partial charge in [-0.3, -0.25) is 11.3 Å². The second-order valence-electron chi connectivity index (χ2n) is 4.65. The number of nitrogens with one attached hydrogen (secondary N) is 1. The molecule has 0 amide bonds. The molecule has 1 unspecified atom stereocenters. The van der Waals surface area contributed by atoms with E-state index in [-0.39, 0.29) is 6.04 Å². The Morgan fingerprint density at radius 1 is 1.11 bits per heavy atom. The summed E-state index contributed by atoms with van der Waals surface area (Å²) in [4.78, 5) is 0. The molecule has 0 aliphatic rings. The fraction of sp³-hybridized carbons (Fsp3) is 0.250. The van der Waals surface area contributed by atoms with Crippen molar-refractivity contribution in [2.45, 2.75) is 25.8 Å². The molecule has 100 valence electrons. The lowest BCUT2D eigenvalue weighted by Crippen LogP contribution is -2.29. The van der Waals surface area contributed by atoms with Crippen molar-refractivity contribution in [3.05, 3.63) is 70.2 Å². The maximum Gasteiger partial charge on any atom is 0.0500 e. The lowest BCUT2D eigenvalue weighted by atomic mass is 9.98. The normalized spacial score (nSPS) is 12.4.